The Balaban J connectivity index is 1.21. The highest BCUT2D eigenvalue weighted by atomic mass is 32.2. The molecule has 172 valence electrons. The third-order valence-corrected chi connectivity index (χ3v) is 10.7. The van der Waals surface area contributed by atoms with Gasteiger partial charge in [0.15, 0.2) is 0 Å². The highest BCUT2D eigenvalue weighted by molar-refractivity contribution is 8.00. The van der Waals surface area contributed by atoms with Gasteiger partial charge in [-0.3, -0.25) is 14.2 Å². The molecule has 3 aliphatic rings. The summed E-state index contributed by atoms with van der Waals surface area (Å²) in [7, 11) is 0. The highest BCUT2D eigenvalue weighted by Gasteiger charge is 2.55. The van der Waals surface area contributed by atoms with Crippen LogP contribution in [0, 0.1) is 17.8 Å². The van der Waals surface area contributed by atoms with E-state index in [9.17, 15) is 9.59 Å². The Bertz CT molecular complexity index is 1450. The molecule has 1 N–H and O–H groups in total. The van der Waals surface area contributed by atoms with Crippen molar-refractivity contribution in [1.29, 1.82) is 0 Å². The van der Waals surface area contributed by atoms with Crippen LogP contribution in [0.25, 0.3) is 10.8 Å². The third kappa shape index (κ3) is 3.21. The molecule has 2 aliphatic carbocycles. The van der Waals surface area contributed by atoms with Crippen LogP contribution in [0.15, 0.2) is 75.1 Å². The molecule has 7 rings (SSSR count). The number of amides is 1. The normalized spacial score (nSPS) is 27.0. The lowest BCUT2D eigenvalue weighted by molar-refractivity contribution is -0.116. The Morgan fingerprint density at radius 3 is 2.76 bits per heavy atom. The Morgan fingerprint density at radius 2 is 1.91 bits per heavy atom. The standard InChI is InChI=1S/C27H24N2O3S2/c30-21(28-19-10-9-15-4-1-2-5-16(15)13-19)14-29-26-25(34-27(29)31)23(20-6-3-11-32-20)22-17-7-8-18(12-17)24(22)33-26/h1-6,9-11,13,17-18,22-24H,7-8,12,14H2,(H,28,30)/t17?,18?,22?,23-,24?/m0/s1. The lowest BCUT2D eigenvalue weighted by atomic mass is 9.77. The third-order valence-electron chi connectivity index (χ3n) is 7.88. The molecule has 0 radical (unpaired) electrons. The summed E-state index contributed by atoms with van der Waals surface area (Å²) < 4.78 is 7.59. The zero-order valence-corrected chi connectivity index (χ0v) is 20.1. The van der Waals surface area contributed by atoms with Crippen molar-refractivity contribution in [3.63, 3.8) is 0 Å². The number of carbonyl (C=O) groups is 1. The van der Waals surface area contributed by atoms with Gasteiger partial charge < -0.3 is 9.73 Å². The van der Waals surface area contributed by atoms with Crippen LogP contribution in [0.2, 0.25) is 0 Å². The van der Waals surface area contributed by atoms with E-state index in [1.807, 2.05) is 60.3 Å². The molecule has 0 saturated heterocycles. The van der Waals surface area contributed by atoms with Crippen LogP contribution in [0.4, 0.5) is 5.69 Å². The number of hydrogen-bond acceptors (Lipinski definition) is 5. The van der Waals surface area contributed by atoms with E-state index < -0.39 is 0 Å². The molecule has 1 aliphatic heterocycles. The van der Waals surface area contributed by atoms with Gasteiger partial charge in [0, 0.05) is 10.9 Å². The van der Waals surface area contributed by atoms with Gasteiger partial charge >= 0.3 is 4.87 Å². The fraction of sp³-hybridized carbons (Fsp3) is 0.333. The molecular formula is C27H24N2O3S2. The number of aromatic nitrogens is 1. The number of thioether (sulfide) groups is 1. The van der Waals surface area contributed by atoms with E-state index in [1.165, 1.54) is 30.6 Å². The lowest BCUT2D eigenvalue weighted by Crippen LogP contribution is -2.34. The molecule has 1 amide bonds. The molecule has 2 aromatic heterocycles. The number of nitrogens with zero attached hydrogens (tertiary/aromatic N) is 1. The zero-order valence-electron chi connectivity index (χ0n) is 18.5. The second-order valence-corrected chi connectivity index (χ2v) is 11.9. The van der Waals surface area contributed by atoms with Gasteiger partial charge in [-0.15, -0.1) is 11.8 Å². The first-order chi connectivity index (χ1) is 16.7. The molecule has 2 fully saturated rings. The maximum atomic E-state index is 13.1. The van der Waals surface area contributed by atoms with Crippen LogP contribution >= 0.6 is 23.1 Å². The van der Waals surface area contributed by atoms with E-state index >= 15 is 0 Å². The number of fused-ring (bicyclic) bond motifs is 7. The van der Waals surface area contributed by atoms with Crippen LogP contribution in [-0.4, -0.2) is 15.7 Å². The van der Waals surface area contributed by atoms with Gasteiger partial charge in [-0.05, 0) is 72.1 Å². The van der Waals surface area contributed by atoms with E-state index in [2.05, 4.69) is 11.4 Å². The monoisotopic (exact) mass is 488 g/mol. The largest absolute Gasteiger partial charge is 0.469 e. The van der Waals surface area contributed by atoms with Gasteiger partial charge in [-0.2, -0.15) is 0 Å². The molecule has 4 unspecified atom stereocenters. The molecule has 2 aromatic carbocycles. The average molecular weight is 489 g/mol. The van der Waals surface area contributed by atoms with Crippen molar-refractivity contribution in [1.82, 2.24) is 4.57 Å². The van der Waals surface area contributed by atoms with Gasteiger partial charge in [0.05, 0.1) is 22.1 Å². The summed E-state index contributed by atoms with van der Waals surface area (Å²) in [6.07, 6.45) is 5.56. The summed E-state index contributed by atoms with van der Waals surface area (Å²) in [5.41, 5.74) is 0.745. The number of rotatable bonds is 4. The minimum absolute atomic E-state index is 0.0286. The summed E-state index contributed by atoms with van der Waals surface area (Å²) in [5.74, 6) is 2.81. The quantitative estimate of drug-likeness (QED) is 0.386. The highest BCUT2D eigenvalue weighted by Crippen LogP contribution is 2.64. The van der Waals surface area contributed by atoms with E-state index in [1.54, 1.807) is 10.8 Å². The minimum Gasteiger partial charge on any atom is -0.469 e. The number of furan rings is 1. The molecular weight excluding hydrogens is 464 g/mol. The summed E-state index contributed by atoms with van der Waals surface area (Å²) in [6.45, 7) is 0.0286. The number of thiazole rings is 1. The molecule has 7 heteroatoms. The summed E-state index contributed by atoms with van der Waals surface area (Å²) in [5, 5.41) is 6.66. The van der Waals surface area contributed by atoms with Crippen molar-refractivity contribution in [2.24, 2.45) is 17.8 Å². The molecule has 34 heavy (non-hydrogen) atoms. The van der Waals surface area contributed by atoms with Crippen molar-refractivity contribution in [2.75, 3.05) is 5.32 Å². The predicted octanol–water partition coefficient (Wildman–Crippen LogP) is 5.95. The molecule has 2 saturated carbocycles. The fourth-order valence-electron chi connectivity index (χ4n) is 6.49. The van der Waals surface area contributed by atoms with E-state index in [4.69, 9.17) is 4.42 Å². The Kier molecular flexibility index (Phi) is 4.78. The number of carbonyl (C=O) groups excluding carboxylic acids is 1. The SMILES string of the molecule is O=C(Cn1c2c(sc1=O)[C@@H](c1ccco1)C1C3CCC(C3)C1S2)Nc1ccc2ccccc2c1. The summed E-state index contributed by atoms with van der Waals surface area (Å²) in [6, 6.07) is 17.9. The van der Waals surface area contributed by atoms with Crippen LogP contribution in [-0.2, 0) is 11.3 Å². The fourth-order valence-corrected chi connectivity index (χ4v) is 9.62. The smallest absolute Gasteiger partial charge is 0.308 e. The molecule has 0 spiro atoms. The van der Waals surface area contributed by atoms with Gasteiger partial charge in [0.1, 0.15) is 12.3 Å². The van der Waals surface area contributed by atoms with Crippen molar-refractivity contribution in [2.45, 2.75) is 42.0 Å². The number of anilines is 1. The Hall–Kier alpha value is -2.77. The number of nitrogens with one attached hydrogen (secondary N) is 1. The topological polar surface area (TPSA) is 64.2 Å². The van der Waals surface area contributed by atoms with Crippen molar-refractivity contribution < 1.29 is 9.21 Å². The first kappa shape index (κ1) is 20.6. The first-order valence-corrected chi connectivity index (χ1v) is 13.6. The Morgan fingerprint density at radius 1 is 1.06 bits per heavy atom. The molecule has 5 atom stereocenters. The first-order valence-electron chi connectivity index (χ1n) is 11.9. The van der Waals surface area contributed by atoms with Crippen LogP contribution in [0.5, 0.6) is 0 Å². The maximum absolute atomic E-state index is 13.1. The average Bonchev–Trinajstić information content (AvgIpc) is 3.64. The van der Waals surface area contributed by atoms with Gasteiger partial charge in [-0.1, -0.05) is 41.7 Å². The maximum Gasteiger partial charge on any atom is 0.308 e. The van der Waals surface area contributed by atoms with Crippen molar-refractivity contribution in [3.05, 3.63) is 81.2 Å². The van der Waals surface area contributed by atoms with E-state index in [0.29, 0.717) is 23.0 Å². The second kappa shape index (κ2) is 7.89. The molecule has 2 bridgehead atoms. The zero-order chi connectivity index (χ0) is 22.8. The molecule has 4 aromatic rings. The van der Waals surface area contributed by atoms with Gasteiger partial charge in [-0.25, -0.2) is 0 Å². The van der Waals surface area contributed by atoms with E-state index in [-0.39, 0.29) is 23.2 Å². The number of benzene rings is 2. The van der Waals surface area contributed by atoms with Crippen molar-refractivity contribution >= 4 is 45.5 Å². The summed E-state index contributed by atoms with van der Waals surface area (Å²) >= 11 is 3.14. The summed E-state index contributed by atoms with van der Waals surface area (Å²) in [4.78, 5) is 27.2. The van der Waals surface area contributed by atoms with E-state index in [0.717, 1.165) is 32.1 Å². The Labute approximate surface area is 205 Å². The van der Waals surface area contributed by atoms with Crippen LogP contribution in [0.1, 0.15) is 35.8 Å². The van der Waals surface area contributed by atoms with Gasteiger partial charge in [0.25, 0.3) is 0 Å². The van der Waals surface area contributed by atoms with Gasteiger partial charge in [0.2, 0.25) is 5.91 Å². The lowest BCUT2D eigenvalue weighted by Gasteiger charge is -2.39. The molecule has 5 nitrogen and oxygen atoms in total. The molecule has 3 heterocycles. The predicted molar refractivity (Wildman–Crippen MR) is 136 cm³/mol. The van der Waals surface area contributed by atoms with Crippen LogP contribution < -0.4 is 10.2 Å². The van der Waals surface area contributed by atoms with Crippen molar-refractivity contribution in [3.8, 4) is 0 Å². The minimum atomic E-state index is -0.178. The second-order valence-electron chi connectivity index (χ2n) is 9.72. The van der Waals surface area contributed by atoms with Crippen LogP contribution in [0.3, 0.4) is 0 Å². The number of hydrogen-bond donors (Lipinski definition) is 1.